The molecule has 0 amide bonds. The van der Waals surface area contributed by atoms with Gasteiger partial charge < -0.3 is 28.8 Å². The maximum Gasteiger partial charge on any atom is 0.162 e. The van der Waals surface area contributed by atoms with E-state index in [0.717, 1.165) is 81.8 Å². The standard InChI is InChI=1S/C34H42N10/c1-21(2)43-20-39-30-28(9-14-37-34(30)43)41-15-10-22(3)42-17-12-24-31(40(6)7)26(19-38-32(24)42)29-18-25-27(35-5)8-13-36-33(25)44(29)23(4)11-16-41/h8-9,12-14,17-23H,10-11,15-16H2,1-7H3,(H,35,36). The van der Waals surface area contributed by atoms with Crippen molar-refractivity contribution in [2.24, 2.45) is 0 Å². The van der Waals surface area contributed by atoms with E-state index < -0.39 is 0 Å². The van der Waals surface area contributed by atoms with E-state index in [-0.39, 0.29) is 12.1 Å². The first-order chi connectivity index (χ1) is 21.3. The average Bonchev–Trinajstić information content (AvgIpc) is 3.74. The molecule has 8 heterocycles. The highest BCUT2D eigenvalue weighted by Gasteiger charge is 2.26. The van der Waals surface area contributed by atoms with Gasteiger partial charge in [0, 0.05) is 99.2 Å². The highest BCUT2D eigenvalue weighted by Crippen LogP contribution is 2.42. The number of imidazole rings is 1. The van der Waals surface area contributed by atoms with E-state index in [4.69, 9.17) is 19.9 Å². The first kappa shape index (κ1) is 28.2. The molecule has 0 fully saturated rings. The normalized spacial score (nSPS) is 17.7. The molecule has 0 radical (unpaired) electrons. The van der Waals surface area contributed by atoms with Gasteiger partial charge in [0.25, 0.3) is 0 Å². The van der Waals surface area contributed by atoms with E-state index in [0.29, 0.717) is 6.04 Å². The summed E-state index contributed by atoms with van der Waals surface area (Å²) >= 11 is 0. The second kappa shape index (κ2) is 10.8. The fourth-order valence-electron chi connectivity index (χ4n) is 6.97. The Labute approximate surface area is 258 Å². The van der Waals surface area contributed by atoms with Crippen LogP contribution >= 0.6 is 0 Å². The van der Waals surface area contributed by atoms with Crippen LogP contribution in [0, 0.1) is 0 Å². The lowest BCUT2D eigenvalue weighted by Crippen LogP contribution is -2.29. The van der Waals surface area contributed by atoms with Crippen molar-refractivity contribution in [1.82, 2.24) is 33.6 Å². The number of nitrogens with zero attached hydrogens (tertiary/aromatic N) is 9. The van der Waals surface area contributed by atoms with Crippen LogP contribution in [0.3, 0.4) is 0 Å². The van der Waals surface area contributed by atoms with Gasteiger partial charge in [-0.1, -0.05) is 0 Å². The summed E-state index contributed by atoms with van der Waals surface area (Å²) in [6, 6.07) is 9.43. The van der Waals surface area contributed by atoms with Gasteiger partial charge in [-0.3, -0.25) is 0 Å². The molecule has 6 aromatic rings. The molecule has 2 aliphatic heterocycles. The molecule has 4 bridgehead atoms. The second-order valence-corrected chi connectivity index (χ2v) is 12.6. The van der Waals surface area contributed by atoms with Crippen molar-refractivity contribution < 1.29 is 0 Å². The number of aromatic nitrogens is 7. The van der Waals surface area contributed by atoms with Gasteiger partial charge in [0.2, 0.25) is 0 Å². The smallest absolute Gasteiger partial charge is 0.162 e. The molecule has 0 saturated carbocycles. The predicted molar refractivity (Wildman–Crippen MR) is 181 cm³/mol. The Morgan fingerprint density at radius 1 is 0.886 bits per heavy atom. The molecule has 0 aromatic carbocycles. The zero-order chi connectivity index (χ0) is 30.7. The largest absolute Gasteiger partial charge is 0.387 e. The lowest BCUT2D eigenvalue weighted by atomic mass is 10.1. The van der Waals surface area contributed by atoms with Gasteiger partial charge in [-0.25, -0.2) is 19.9 Å². The molecular formula is C34H42N10. The van der Waals surface area contributed by atoms with Crippen LogP contribution in [-0.2, 0) is 0 Å². The van der Waals surface area contributed by atoms with Crippen LogP contribution in [0.15, 0.2) is 55.4 Å². The van der Waals surface area contributed by atoms with Crippen molar-refractivity contribution in [3.8, 4) is 11.3 Å². The van der Waals surface area contributed by atoms with Gasteiger partial charge in [0.1, 0.15) is 16.8 Å². The Hall–Kier alpha value is -4.60. The number of rotatable bonds is 4. The van der Waals surface area contributed by atoms with Crippen molar-refractivity contribution in [1.29, 1.82) is 0 Å². The number of anilines is 3. The summed E-state index contributed by atoms with van der Waals surface area (Å²) in [5.41, 5.74) is 9.54. The Morgan fingerprint density at radius 2 is 1.64 bits per heavy atom. The number of hydrogen-bond donors (Lipinski definition) is 1. The Kier molecular flexibility index (Phi) is 6.94. The van der Waals surface area contributed by atoms with Crippen molar-refractivity contribution in [2.75, 3.05) is 49.3 Å². The number of pyridine rings is 3. The molecule has 0 aliphatic carbocycles. The second-order valence-electron chi connectivity index (χ2n) is 12.6. The van der Waals surface area contributed by atoms with E-state index in [1.54, 1.807) is 0 Å². The van der Waals surface area contributed by atoms with Gasteiger partial charge in [-0.05, 0) is 64.8 Å². The van der Waals surface area contributed by atoms with Crippen LogP contribution in [-0.4, -0.2) is 67.9 Å². The summed E-state index contributed by atoms with van der Waals surface area (Å²) in [6.45, 7) is 10.7. The summed E-state index contributed by atoms with van der Waals surface area (Å²) in [5, 5.41) is 5.66. The van der Waals surface area contributed by atoms with Crippen LogP contribution in [0.25, 0.3) is 44.5 Å². The maximum atomic E-state index is 5.11. The van der Waals surface area contributed by atoms with Gasteiger partial charge in [-0.15, -0.1) is 0 Å². The molecule has 2 unspecified atom stereocenters. The highest BCUT2D eigenvalue weighted by atomic mass is 15.2. The Bertz CT molecular complexity index is 1980. The summed E-state index contributed by atoms with van der Waals surface area (Å²) in [4.78, 5) is 24.4. The maximum absolute atomic E-state index is 5.11. The summed E-state index contributed by atoms with van der Waals surface area (Å²) in [7, 11) is 6.23. The third kappa shape index (κ3) is 4.38. The SMILES string of the molecule is CNc1ccnc2c1cc1n2C(C)CCN(c2ccnc3c2ncn3C(C)C)CCC(C)n2ccc3c(N(C)C)c-1cnc32. The number of fused-ring (bicyclic) bond motifs is 9. The first-order valence-corrected chi connectivity index (χ1v) is 15.7. The monoisotopic (exact) mass is 590 g/mol. The molecule has 1 N–H and O–H groups in total. The van der Waals surface area contributed by atoms with Crippen molar-refractivity contribution >= 4 is 50.3 Å². The predicted octanol–water partition coefficient (Wildman–Crippen LogP) is 6.91. The van der Waals surface area contributed by atoms with Crippen LogP contribution in [0.5, 0.6) is 0 Å². The fraction of sp³-hybridized carbons (Fsp3) is 0.412. The molecule has 228 valence electrons. The summed E-state index contributed by atoms with van der Waals surface area (Å²) in [5.74, 6) is 0. The molecule has 2 aliphatic rings. The topological polar surface area (TPSA) is 84.9 Å². The van der Waals surface area contributed by atoms with Gasteiger partial charge in [0.15, 0.2) is 5.65 Å². The van der Waals surface area contributed by atoms with Gasteiger partial charge >= 0.3 is 0 Å². The zero-order valence-corrected chi connectivity index (χ0v) is 26.8. The third-order valence-corrected chi connectivity index (χ3v) is 9.33. The number of hydrogen-bond acceptors (Lipinski definition) is 7. The third-order valence-electron chi connectivity index (χ3n) is 9.33. The van der Waals surface area contributed by atoms with Gasteiger partial charge in [0.05, 0.1) is 23.4 Å². The van der Waals surface area contributed by atoms with Gasteiger partial charge in [-0.2, -0.15) is 0 Å². The van der Waals surface area contributed by atoms with Crippen molar-refractivity contribution in [3.05, 3.63) is 55.4 Å². The molecule has 2 atom stereocenters. The van der Waals surface area contributed by atoms with Crippen molar-refractivity contribution in [3.63, 3.8) is 0 Å². The van der Waals surface area contributed by atoms with E-state index in [9.17, 15) is 0 Å². The lowest BCUT2D eigenvalue weighted by molar-refractivity contribution is 0.487. The van der Waals surface area contributed by atoms with E-state index in [1.165, 1.54) is 5.69 Å². The summed E-state index contributed by atoms with van der Waals surface area (Å²) < 4.78 is 6.92. The molecule has 6 aromatic heterocycles. The minimum absolute atomic E-state index is 0.172. The summed E-state index contributed by atoms with van der Waals surface area (Å²) in [6.07, 6.45) is 11.9. The number of nitrogens with one attached hydrogen (secondary N) is 1. The molecule has 8 rings (SSSR count). The van der Waals surface area contributed by atoms with Crippen LogP contribution < -0.4 is 15.1 Å². The lowest BCUT2D eigenvalue weighted by Gasteiger charge is -2.30. The molecule has 10 nitrogen and oxygen atoms in total. The molecule has 0 spiro atoms. The quantitative estimate of drug-likeness (QED) is 0.239. The highest BCUT2D eigenvalue weighted by molar-refractivity contribution is 6.02. The van der Waals surface area contributed by atoms with Crippen LogP contribution in [0.2, 0.25) is 0 Å². The first-order valence-electron chi connectivity index (χ1n) is 15.7. The Balaban J connectivity index is 1.43. The van der Waals surface area contributed by atoms with Crippen molar-refractivity contribution in [2.45, 2.75) is 58.7 Å². The van der Waals surface area contributed by atoms with E-state index in [1.807, 2.05) is 31.8 Å². The van der Waals surface area contributed by atoms with E-state index >= 15 is 0 Å². The van der Waals surface area contributed by atoms with Crippen LogP contribution in [0.4, 0.5) is 17.1 Å². The molecule has 44 heavy (non-hydrogen) atoms. The average molecular weight is 591 g/mol. The molecule has 10 heteroatoms. The molecular weight excluding hydrogens is 548 g/mol. The minimum atomic E-state index is 0.172. The molecule has 0 saturated heterocycles. The zero-order valence-electron chi connectivity index (χ0n) is 26.8. The fourth-order valence-corrected chi connectivity index (χ4v) is 6.97. The van der Waals surface area contributed by atoms with Crippen LogP contribution in [0.1, 0.15) is 58.7 Å². The Morgan fingerprint density at radius 3 is 2.39 bits per heavy atom. The minimum Gasteiger partial charge on any atom is -0.387 e. The van der Waals surface area contributed by atoms with E-state index in [2.05, 4.69) is 101 Å².